The normalized spacial score (nSPS) is 11.9. The Bertz CT molecular complexity index is 1190. The summed E-state index contributed by atoms with van der Waals surface area (Å²) in [4.78, 5) is 4.84. The molecule has 0 aliphatic carbocycles. The Balaban J connectivity index is 1.93. The van der Waals surface area contributed by atoms with Gasteiger partial charge in [-0.25, -0.2) is 13.4 Å². The van der Waals surface area contributed by atoms with E-state index >= 15 is 0 Å². The minimum atomic E-state index is -3.66. The molecular weight excluding hydrogens is 370 g/mol. The van der Waals surface area contributed by atoms with Crippen LogP contribution in [0.25, 0.3) is 10.9 Å². The number of fused-ring (bicyclic) bond motifs is 1. The SMILES string of the molecule is Cn1ccnc1Cn1cc(S(=O)(=O)c2ccccc2)c2cc(Cl)ccc21. The van der Waals surface area contributed by atoms with Gasteiger partial charge in [0.2, 0.25) is 9.84 Å². The van der Waals surface area contributed by atoms with Crippen molar-refractivity contribution in [3.63, 3.8) is 0 Å². The Morgan fingerprint density at radius 1 is 1.12 bits per heavy atom. The van der Waals surface area contributed by atoms with Crippen molar-refractivity contribution in [3.8, 4) is 0 Å². The molecule has 0 saturated heterocycles. The molecule has 2 heterocycles. The molecule has 26 heavy (non-hydrogen) atoms. The van der Waals surface area contributed by atoms with Crippen molar-refractivity contribution < 1.29 is 8.42 Å². The van der Waals surface area contributed by atoms with E-state index in [0.29, 0.717) is 17.0 Å². The Kier molecular flexibility index (Phi) is 4.09. The molecule has 0 radical (unpaired) electrons. The molecule has 2 aromatic heterocycles. The summed E-state index contributed by atoms with van der Waals surface area (Å²) in [6.45, 7) is 0.464. The van der Waals surface area contributed by atoms with E-state index in [2.05, 4.69) is 4.98 Å². The Morgan fingerprint density at radius 2 is 1.88 bits per heavy atom. The van der Waals surface area contributed by atoms with Crippen molar-refractivity contribution >= 4 is 32.3 Å². The molecule has 0 aliphatic heterocycles. The van der Waals surface area contributed by atoms with E-state index in [1.165, 1.54) is 0 Å². The monoisotopic (exact) mass is 385 g/mol. The maximum atomic E-state index is 13.2. The summed E-state index contributed by atoms with van der Waals surface area (Å²) >= 11 is 6.14. The highest BCUT2D eigenvalue weighted by atomic mass is 35.5. The van der Waals surface area contributed by atoms with Crippen LogP contribution < -0.4 is 0 Å². The molecule has 132 valence electrons. The summed E-state index contributed by atoms with van der Waals surface area (Å²) in [7, 11) is -1.75. The fraction of sp³-hybridized carbons (Fsp3) is 0.105. The van der Waals surface area contributed by atoms with E-state index in [9.17, 15) is 8.42 Å². The molecule has 0 atom stereocenters. The number of hydrogen-bond donors (Lipinski definition) is 0. The van der Waals surface area contributed by atoms with Crippen LogP contribution >= 0.6 is 11.6 Å². The van der Waals surface area contributed by atoms with Crippen LogP contribution in [0.4, 0.5) is 0 Å². The number of benzene rings is 2. The van der Waals surface area contributed by atoms with Crippen molar-refractivity contribution in [1.29, 1.82) is 0 Å². The lowest BCUT2D eigenvalue weighted by Gasteiger charge is -2.05. The van der Waals surface area contributed by atoms with Gasteiger partial charge in [0.15, 0.2) is 0 Å². The number of rotatable bonds is 4. The molecule has 5 nitrogen and oxygen atoms in total. The van der Waals surface area contributed by atoms with E-state index in [1.807, 2.05) is 28.4 Å². The summed E-state index contributed by atoms with van der Waals surface area (Å²) in [6.07, 6.45) is 5.25. The molecule has 4 rings (SSSR count). The largest absolute Gasteiger partial charge is 0.339 e. The molecule has 0 saturated carbocycles. The summed E-state index contributed by atoms with van der Waals surface area (Å²) in [5, 5.41) is 1.10. The van der Waals surface area contributed by atoms with E-state index < -0.39 is 9.84 Å². The standard InChI is InChI=1S/C19H16ClN3O2S/c1-22-10-9-21-19(22)13-23-12-18(16-11-14(20)7-8-17(16)23)26(24,25)15-5-3-2-4-6-15/h2-12H,13H2,1H3. The third-order valence-corrected chi connectivity index (χ3v) is 6.41. The van der Waals surface area contributed by atoms with Crippen molar-refractivity contribution in [2.24, 2.45) is 7.05 Å². The molecular formula is C19H16ClN3O2S. The van der Waals surface area contributed by atoms with Crippen LogP contribution in [-0.2, 0) is 23.4 Å². The van der Waals surface area contributed by atoms with Crippen molar-refractivity contribution in [2.75, 3.05) is 0 Å². The van der Waals surface area contributed by atoms with Crippen LogP contribution in [0.2, 0.25) is 5.02 Å². The average Bonchev–Trinajstić information content (AvgIpc) is 3.20. The fourth-order valence-corrected chi connectivity index (χ4v) is 4.67. The van der Waals surface area contributed by atoms with Crippen LogP contribution in [0.1, 0.15) is 5.82 Å². The molecule has 4 aromatic rings. The lowest BCUT2D eigenvalue weighted by Crippen LogP contribution is -2.05. The Morgan fingerprint density at radius 3 is 2.58 bits per heavy atom. The number of sulfone groups is 1. The highest BCUT2D eigenvalue weighted by Gasteiger charge is 2.23. The lowest BCUT2D eigenvalue weighted by molar-refractivity contribution is 0.596. The summed E-state index contributed by atoms with van der Waals surface area (Å²) in [5.74, 6) is 0.834. The van der Waals surface area contributed by atoms with Crippen LogP contribution in [0.3, 0.4) is 0 Å². The van der Waals surface area contributed by atoms with Gasteiger partial charge < -0.3 is 9.13 Å². The Labute approximate surface area is 156 Å². The minimum absolute atomic E-state index is 0.246. The van der Waals surface area contributed by atoms with Gasteiger partial charge in [0.1, 0.15) is 5.82 Å². The predicted octanol–water partition coefficient (Wildman–Crippen LogP) is 3.91. The van der Waals surface area contributed by atoms with Crippen LogP contribution in [0.5, 0.6) is 0 Å². The zero-order valence-corrected chi connectivity index (χ0v) is 15.6. The van der Waals surface area contributed by atoms with Gasteiger partial charge in [0, 0.05) is 41.6 Å². The molecule has 0 bridgehead atoms. The topological polar surface area (TPSA) is 56.9 Å². The minimum Gasteiger partial charge on any atom is -0.339 e. The second-order valence-electron chi connectivity index (χ2n) is 6.05. The molecule has 0 spiro atoms. The third-order valence-electron chi connectivity index (χ3n) is 4.38. The highest BCUT2D eigenvalue weighted by molar-refractivity contribution is 7.91. The maximum absolute atomic E-state index is 13.2. The number of hydrogen-bond acceptors (Lipinski definition) is 3. The second-order valence-corrected chi connectivity index (χ2v) is 8.41. The van der Waals surface area contributed by atoms with Crippen LogP contribution in [0.15, 0.2) is 76.9 Å². The van der Waals surface area contributed by atoms with Crippen molar-refractivity contribution in [2.45, 2.75) is 16.3 Å². The van der Waals surface area contributed by atoms with Gasteiger partial charge in [-0.15, -0.1) is 0 Å². The number of halogens is 1. The van der Waals surface area contributed by atoms with E-state index in [1.54, 1.807) is 54.9 Å². The highest BCUT2D eigenvalue weighted by Crippen LogP contribution is 2.32. The maximum Gasteiger partial charge on any atom is 0.208 e. The van der Waals surface area contributed by atoms with Gasteiger partial charge in [0.05, 0.1) is 16.3 Å². The number of nitrogens with zero attached hydrogens (tertiary/aromatic N) is 3. The summed E-state index contributed by atoms with van der Waals surface area (Å²) < 4.78 is 30.1. The number of aromatic nitrogens is 3. The molecule has 2 aromatic carbocycles. The molecule has 0 unspecified atom stereocenters. The lowest BCUT2D eigenvalue weighted by atomic mass is 10.2. The molecule has 0 fully saturated rings. The van der Waals surface area contributed by atoms with Gasteiger partial charge in [0.25, 0.3) is 0 Å². The van der Waals surface area contributed by atoms with Crippen molar-refractivity contribution in [1.82, 2.24) is 14.1 Å². The second kappa shape index (κ2) is 6.30. The first-order valence-corrected chi connectivity index (χ1v) is 9.87. The quantitative estimate of drug-likeness (QED) is 0.535. The predicted molar refractivity (Wildman–Crippen MR) is 101 cm³/mol. The van der Waals surface area contributed by atoms with E-state index in [0.717, 1.165) is 11.3 Å². The number of aryl methyl sites for hydroxylation is 1. The first kappa shape index (κ1) is 16.9. The molecule has 0 amide bonds. The van der Waals surface area contributed by atoms with Crippen LogP contribution in [0, 0.1) is 0 Å². The first-order valence-electron chi connectivity index (χ1n) is 8.01. The first-order chi connectivity index (χ1) is 12.5. The van der Waals surface area contributed by atoms with E-state index in [4.69, 9.17) is 11.6 Å². The zero-order chi connectivity index (χ0) is 18.3. The average molecular weight is 386 g/mol. The van der Waals surface area contributed by atoms with E-state index in [-0.39, 0.29) is 9.79 Å². The van der Waals surface area contributed by atoms with Gasteiger partial charge in [-0.3, -0.25) is 0 Å². The summed E-state index contributed by atoms with van der Waals surface area (Å²) in [6, 6.07) is 13.7. The van der Waals surface area contributed by atoms with Gasteiger partial charge >= 0.3 is 0 Å². The molecule has 0 N–H and O–H groups in total. The Hall–Kier alpha value is -2.57. The van der Waals surface area contributed by atoms with Crippen molar-refractivity contribution in [3.05, 3.63) is 78.0 Å². The fourth-order valence-electron chi connectivity index (χ4n) is 3.01. The number of imidazole rings is 1. The summed E-state index contributed by atoms with van der Waals surface area (Å²) in [5.41, 5.74) is 0.798. The van der Waals surface area contributed by atoms with Gasteiger partial charge in [-0.05, 0) is 30.3 Å². The van der Waals surface area contributed by atoms with Gasteiger partial charge in [-0.1, -0.05) is 29.8 Å². The molecule has 7 heteroatoms. The van der Waals surface area contributed by atoms with Gasteiger partial charge in [-0.2, -0.15) is 0 Å². The van der Waals surface area contributed by atoms with Crippen LogP contribution in [-0.4, -0.2) is 22.5 Å². The smallest absolute Gasteiger partial charge is 0.208 e. The molecule has 0 aliphatic rings. The third kappa shape index (κ3) is 2.81. The zero-order valence-electron chi connectivity index (χ0n) is 14.0.